The van der Waals surface area contributed by atoms with Gasteiger partial charge in [0.1, 0.15) is 5.82 Å². The van der Waals surface area contributed by atoms with E-state index in [2.05, 4.69) is 46.9 Å². The van der Waals surface area contributed by atoms with E-state index in [4.69, 9.17) is 0 Å². The van der Waals surface area contributed by atoms with Crippen LogP contribution in [0.3, 0.4) is 0 Å². The Bertz CT molecular complexity index is 939. The standard InChI is InChI=1S/C19H19N3O/c1-11-9-18(23)21-19-12(2)8-14(10-15(11)19)22-13(3)20-16-6-4-5-7-17(16)22/h4-8,10-11H,9H2,1-3H3,(H,21,23). The fourth-order valence-electron chi connectivity index (χ4n) is 3.53. The van der Waals surface area contributed by atoms with Crippen LogP contribution < -0.4 is 5.32 Å². The molecule has 1 N–H and O–H groups in total. The highest BCUT2D eigenvalue weighted by molar-refractivity contribution is 5.96. The zero-order chi connectivity index (χ0) is 16.1. The van der Waals surface area contributed by atoms with Gasteiger partial charge in [-0.2, -0.15) is 0 Å². The van der Waals surface area contributed by atoms with E-state index in [1.54, 1.807) is 0 Å². The molecule has 2 aromatic carbocycles. The monoisotopic (exact) mass is 305 g/mol. The maximum atomic E-state index is 11.8. The van der Waals surface area contributed by atoms with Crippen molar-refractivity contribution in [3.8, 4) is 5.69 Å². The second-order valence-corrected chi connectivity index (χ2v) is 6.36. The lowest BCUT2D eigenvalue weighted by Gasteiger charge is -2.25. The number of aromatic nitrogens is 2. The van der Waals surface area contributed by atoms with Crippen molar-refractivity contribution in [1.29, 1.82) is 0 Å². The number of rotatable bonds is 1. The highest BCUT2D eigenvalue weighted by Gasteiger charge is 2.24. The molecular formula is C19H19N3O. The molecule has 0 aliphatic carbocycles. The number of hydrogen-bond donors (Lipinski definition) is 1. The molecule has 1 aliphatic heterocycles. The van der Waals surface area contributed by atoms with Crippen molar-refractivity contribution >= 4 is 22.6 Å². The summed E-state index contributed by atoms with van der Waals surface area (Å²) in [6, 6.07) is 12.5. The fourth-order valence-corrected chi connectivity index (χ4v) is 3.53. The highest BCUT2D eigenvalue weighted by atomic mass is 16.1. The minimum absolute atomic E-state index is 0.102. The summed E-state index contributed by atoms with van der Waals surface area (Å²) in [7, 11) is 0. The van der Waals surface area contributed by atoms with Gasteiger partial charge in [-0.15, -0.1) is 0 Å². The van der Waals surface area contributed by atoms with Gasteiger partial charge in [0, 0.05) is 17.8 Å². The van der Waals surface area contributed by atoms with Gasteiger partial charge in [0.15, 0.2) is 0 Å². The van der Waals surface area contributed by atoms with Gasteiger partial charge in [0.2, 0.25) is 5.91 Å². The number of carbonyl (C=O) groups is 1. The minimum Gasteiger partial charge on any atom is -0.326 e. The van der Waals surface area contributed by atoms with Crippen molar-refractivity contribution in [3.63, 3.8) is 0 Å². The summed E-state index contributed by atoms with van der Waals surface area (Å²) < 4.78 is 2.19. The smallest absolute Gasteiger partial charge is 0.224 e. The predicted molar refractivity (Wildman–Crippen MR) is 92.2 cm³/mol. The molecule has 4 rings (SSSR count). The van der Waals surface area contributed by atoms with E-state index in [1.165, 1.54) is 5.56 Å². The lowest BCUT2D eigenvalue weighted by Crippen LogP contribution is -2.22. The molecule has 0 saturated heterocycles. The van der Waals surface area contributed by atoms with Crippen LogP contribution in [0.5, 0.6) is 0 Å². The Kier molecular flexibility index (Phi) is 3.01. The summed E-state index contributed by atoms with van der Waals surface area (Å²) in [5.74, 6) is 1.30. The number of para-hydroxylation sites is 2. The molecular weight excluding hydrogens is 286 g/mol. The molecule has 1 amide bonds. The summed E-state index contributed by atoms with van der Waals surface area (Å²) >= 11 is 0. The van der Waals surface area contributed by atoms with E-state index in [1.807, 2.05) is 25.1 Å². The van der Waals surface area contributed by atoms with E-state index in [9.17, 15) is 4.79 Å². The number of fused-ring (bicyclic) bond motifs is 2. The molecule has 0 spiro atoms. The van der Waals surface area contributed by atoms with Gasteiger partial charge in [-0.05, 0) is 55.2 Å². The van der Waals surface area contributed by atoms with Crippen LogP contribution in [0.4, 0.5) is 5.69 Å². The van der Waals surface area contributed by atoms with Crippen LogP contribution in [-0.2, 0) is 4.79 Å². The Morgan fingerprint density at radius 1 is 1.22 bits per heavy atom. The number of hydrogen-bond acceptors (Lipinski definition) is 2. The summed E-state index contributed by atoms with van der Waals surface area (Å²) in [5.41, 5.74) is 6.49. The summed E-state index contributed by atoms with van der Waals surface area (Å²) in [6.07, 6.45) is 0.541. The molecule has 2 heterocycles. The number of anilines is 1. The third-order valence-corrected chi connectivity index (χ3v) is 4.62. The van der Waals surface area contributed by atoms with E-state index in [0.29, 0.717) is 6.42 Å². The molecule has 23 heavy (non-hydrogen) atoms. The maximum absolute atomic E-state index is 11.8. The molecule has 1 unspecified atom stereocenters. The summed E-state index contributed by atoms with van der Waals surface area (Å²) in [5, 5.41) is 3.02. The Morgan fingerprint density at radius 2 is 2.00 bits per heavy atom. The van der Waals surface area contributed by atoms with Crippen molar-refractivity contribution in [3.05, 3.63) is 53.3 Å². The molecule has 1 atom stereocenters. The first kappa shape index (κ1) is 14.0. The van der Waals surface area contributed by atoms with Crippen LogP contribution in [0.1, 0.15) is 36.2 Å². The molecule has 4 heteroatoms. The SMILES string of the molecule is Cc1cc(-n2c(C)nc3ccccc32)cc2c1NC(=O)CC2C. The molecule has 1 aromatic heterocycles. The van der Waals surface area contributed by atoms with Gasteiger partial charge in [-0.1, -0.05) is 19.1 Å². The van der Waals surface area contributed by atoms with Crippen molar-refractivity contribution < 1.29 is 4.79 Å². The second kappa shape index (κ2) is 4.95. The third-order valence-electron chi connectivity index (χ3n) is 4.62. The van der Waals surface area contributed by atoms with Gasteiger partial charge in [-0.25, -0.2) is 4.98 Å². The van der Waals surface area contributed by atoms with Crippen LogP contribution in [-0.4, -0.2) is 15.5 Å². The lowest BCUT2D eigenvalue weighted by molar-refractivity contribution is -0.116. The van der Waals surface area contributed by atoms with Gasteiger partial charge < -0.3 is 5.32 Å². The molecule has 0 fully saturated rings. The van der Waals surface area contributed by atoms with Crippen molar-refractivity contribution in [2.45, 2.75) is 33.1 Å². The van der Waals surface area contributed by atoms with Crippen molar-refractivity contribution in [1.82, 2.24) is 9.55 Å². The normalized spacial score (nSPS) is 17.2. The quantitative estimate of drug-likeness (QED) is 0.736. The number of imidazole rings is 1. The van der Waals surface area contributed by atoms with E-state index in [0.717, 1.165) is 33.8 Å². The van der Waals surface area contributed by atoms with Crippen LogP contribution in [0.2, 0.25) is 0 Å². The maximum Gasteiger partial charge on any atom is 0.224 e. The van der Waals surface area contributed by atoms with E-state index >= 15 is 0 Å². The largest absolute Gasteiger partial charge is 0.326 e. The topological polar surface area (TPSA) is 46.9 Å². The second-order valence-electron chi connectivity index (χ2n) is 6.36. The number of benzene rings is 2. The molecule has 4 nitrogen and oxygen atoms in total. The van der Waals surface area contributed by atoms with Gasteiger partial charge >= 0.3 is 0 Å². The number of nitrogens with one attached hydrogen (secondary N) is 1. The Labute approximate surface area is 135 Å². The average molecular weight is 305 g/mol. The first-order valence-electron chi connectivity index (χ1n) is 7.93. The van der Waals surface area contributed by atoms with E-state index < -0.39 is 0 Å². The van der Waals surface area contributed by atoms with Gasteiger partial charge in [-0.3, -0.25) is 9.36 Å². The van der Waals surface area contributed by atoms with Crippen LogP contribution in [0, 0.1) is 13.8 Å². The molecule has 0 radical (unpaired) electrons. The first-order chi connectivity index (χ1) is 11.0. The average Bonchev–Trinajstić information content (AvgIpc) is 2.84. The predicted octanol–water partition coefficient (Wildman–Crippen LogP) is 4.09. The fraction of sp³-hybridized carbons (Fsp3) is 0.263. The molecule has 3 aromatic rings. The number of amides is 1. The molecule has 0 bridgehead atoms. The number of carbonyl (C=O) groups excluding carboxylic acids is 1. The number of aryl methyl sites for hydroxylation is 2. The Morgan fingerprint density at radius 3 is 2.83 bits per heavy atom. The molecule has 1 aliphatic rings. The number of nitrogens with zero attached hydrogens (tertiary/aromatic N) is 2. The Balaban J connectivity index is 1.96. The summed E-state index contributed by atoms with van der Waals surface area (Å²) in [4.78, 5) is 16.5. The Hall–Kier alpha value is -2.62. The lowest BCUT2D eigenvalue weighted by atomic mass is 9.90. The van der Waals surface area contributed by atoms with Crippen molar-refractivity contribution in [2.24, 2.45) is 0 Å². The zero-order valence-corrected chi connectivity index (χ0v) is 13.6. The van der Waals surface area contributed by atoms with E-state index in [-0.39, 0.29) is 11.8 Å². The first-order valence-corrected chi connectivity index (χ1v) is 7.93. The molecule has 116 valence electrons. The molecule has 0 saturated carbocycles. The van der Waals surface area contributed by atoms with Gasteiger partial charge in [0.25, 0.3) is 0 Å². The van der Waals surface area contributed by atoms with Crippen LogP contribution in [0.15, 0.2) is 36.4 Å². The van der Waals surface area contributed by atoms with Crippen LogP contribution >= 0.6 is 0 Å². The van der Waals surface area contributed by atoms with Crippen molar-refractivity contribution in [2.75, 3.05) is 5.32 Å². The highest BCUT2D eigenvalue weighted by Crippen LogP contribution is 2.36. The summed E-state index contributed by atoms with van der Waals surface area (Å²) in [6.45, 7) is 6.19. The zero-order valence-electron chi connectivity index (χ0n) is 13.6. The van der Waals surface area contributed by atoms with Gasteiger partial charge in [0.05, 0.1) is 11.0 Å². The third kappa shape index (κ3) is 2.13. The minimum atomic E-state index is 0.102. The van der Waals surface area contributed by atoms with Crippen LogP contribution in [0.25, 0.3) is 16.7 Å².